The number of ether oxygens (including phenoxy) is 1. The van der Waals surface area contributed by atoms with Gasteiger partial charge in [0.2, 0.25) is 0 Å². The third-order valence-corrected chi connectivity index (χ3v) is 2.23. The van der Waals surface area contributed by atoms with E-state index in [1.165, 1.54) is 0 Å². The molecule has 0 saturated carbocycles. The maximum atomic E-state index is 10.0. The van der Waals surface area contributed by atoms with Gasteiger partial charge in [-0.25, -0.2) is 4.79 Å². The molecule has 1 N–H and O–H groups in total. The van der Waals surface area contributed by atoms with Gasteiger partial charge in [0.25, 0.3) is 0 Å². The summed E-state index contributed by atoms with van der Waals surface area (Å²) in [6, 6.07) is 0. The highest BCUT2D eigenvalue weighted by Crippen LogP contribution is 1.98. The zero-order valence-electron chi connectivity index (χ0n) is 7.90. The van der Waals surface area contributed by atoms with Crippen LogP contribution < -0.4 is 0 Å². The Morgan fingerprint density at radius 2 is 2.00 bits per heavy atom. The van der Waals surface area contributed by atoms with E-state index in [9.17, 15) is 4.79 Å². The lowest BCUT2D eigenvalue weighted by Crippen LogP contribution is -2.45. The Balaban J connectivity index is 2.05. The second kappa shape index (κ2) is 5.04. The first kappa shape index (κ1) is 10.3. The molecule has 1 aliphatic heterocycles. The molecule has 0 aromatic heterocycles. The molecule has 0 radical (unpaired) electrons. The van der Waals surface area contributed by atoms with Crippen molar-refractivity contribution >= 4 is 6.16 Å². The predicted molar refractivity (Wildman–Crippen MR) is 47.9 cm³/mol. The summed E-state index contributed by atoms with van der Waals surface area (Å²) in [4.78, 5) is 14.5. The Morgan fingerprint density at radius 3 is 2.54 bits per heavy atom. The van der Waals surface area contributed by atoms with Crippen molar-refractivity contribution in [2.45, 2.75) is 0 Å². The summed E-state index contributed by atoms with van der Waals surface area (Å²) in [5.41, 5.74) is 0. The molecule has 0 unspecified atom stereocenters. The van der Waals surface area contributed by atoms with E-state index in [0.29, 0.717) is 6.54 Å². The van der Waals surface area contributed by atoms with Crippen LogP contribution >= 0.6 is 0 Å². The fourth-order valence-corrected chi connectivity index (χ4v) is 1.33. The quantitative estimate of drug-likeness (QED) is 0.628. The highest BCUT2D eigenvalue weighted by atomic mass is 16.7. The van der Waals surface area contributed by atoms with Crippen molar-refractivity contribution in [3.63, 3.8) is 0 Å². The molecule has 0 aromatic rings. The van der Waals surface area contributed by atoms with Crippen LogP contribution in [0, 0.1) is 0 Å². The number of piperazine rings is 1. The number of nitrogens with zero attached hydrogens (tertiary/aromatic N) is 2. The molecular weight excluding hydrogens is 172 g/mol. The van der Waals surface area contributed by atoms with Crippen LogP contribution in [-0.4, -0.2) is 67.4 Å². The summed E-state index contributed by atoms with van der Waals surface area (Å²) in [7, 11) is 2.09. The Morgan fingerprint density at radius 1 is 1.38 bits per heavy atom. The molecule has 0 aliphatic carbocycles. The van der Waals surface area contributed by atoms with Crippen LogP contribution in [0.4, 0.5) is 4.79 Å². The van der Waals surface area contributed by atoms with Crippen LogP contribution in [0.1, 0.15) is 0 Å². The maximum absolute atomic E-state index is 10.0. The Kier molecular flexibility index (Phi) is 3.98. The fourth-order valence-electron chi connectivity index (χ4n) is 1.33. The van der Waals surface area contributed by atoms with E-state index in [1.54, 1.807) is 0 Å². The van der Waals surface area contributed by atoms with Crippen LogP contribution in [0.5, 0.6) is 0 Å². The van der Waals surface area contributed by atoms with Crippen molar-refractivity contribution < 1.29 is 14.6 Å². The van der Waals surface area contributed by atoms with Crippen LogP contribution in [-0.2, 0) is 4.74 Å². The molecule has 5 nitrogen and oxygen atoms in total. The normalized spacial score (nSPS) is 20.1. The van der Waals surface area contributed by atoms with E-state index in [0.717, 1.165) is 26.2 Å². The topological polar surface area (TPSA) is 53.0 Å². The molecule has 1 fully saturated rings. The highest BCUT2D eigenvalue weighted by molar-refractivity contribution is 5.56. The minimum atomic E-state index is -1.19. The van der Waals surface area contributed by atoms with Gasteiger partial charge in [0.15, 0.2) is 0 Å². The van der Waals surface area contributed by atoms with Crippen LogP contribution in [0.15, 0.2) is 0 Å². The van der Waals surface area contributed by atoms with Gasteiger partial charge in [-0.2, -0.15) is 0 Å². The first-order valence-corrected chi connectivity index (χ1v) is 4.45. The summed E-state index contributed by atoms with van der Waals surface area (Å²) < 4.78 is 4.43. The smallest absolute Gasteiger partial charge is 0.450 e. The van der Waals surface area contributed by atoms with Crippen molar-refractivity contribution in [3.8, 4) is 0 Å². The zero-order chi connectivity index (χ0) is 9.68. The van der Waals surface area contributed by atoms with Gasteiger partial charge < -0.3 is 14.7 Å². The van der Waals surface area contributed by atoms with Crippen LogP contribution in [0.25, 0.3) is 0 Å². The zero-order valence-corrected chi connectivity index (χ0v) is 7.90. The molecule has 0 spiro atoms. The number of hydrogen-bond donors (Lipinski definition) is 1. The second-order valence-corrected chi connectivity index (χ2v) is 3.26. The molecule has 13 heavy (non-hydrogen) atoms. The largest absolute Gasteiger partial charge is 0.505 e. The van der Waals surface area contributed by atoms with Gasteiger partial charge in [-0.1, -0.05) is 0 Å². The number of carbonyl (C=O) groups is 1. The molecular formula is C8H16N2O3. The lowest BCUT2D eigenvalue weighted by Gasteiger charge is -2.31. The third-order valence-electron chi connectivity index (χ3n) is 2.23. The van der Waals surface area contributed by atoms with E-state index in [4.69, 9.17) is 5.11 Å². The lowest BCUT2D eigenvalue weighted by molar-refractivity contribution is 0.0708. The number of rotatable bonds is 3. The SMILES string of the molecule is CN1CCN(CCOC(=O)O)CC1. The summed E-state index contributed by atoms with van der Waals surface area (Å²) in [6.45, 7) is 5.08. The third kappa shape index (κ3) is 4.10. The molecule has 0 amide bonds. The summed E-state index contributed by atoms with van der Waals surface area (Å²) in [6.07, 6.45) is -1.19. The molecule has 0 atom stereocenters. The Hall–Kier alpha value is -0.810. The second-order valence-electron chi connectivity index (χ2n) is 3.26. The van der Waals surface area contributed by atoms with E-state index in [1.807, 2.05) is 0 Å². The van der Waals surface area contributed by atoms with Crippen molar-refractivity contribution in [2.24, 2.45) is 0 Å². The fraction of sp³-hybridized carbons (Fsp3) is 0.875. The van der Waals surface area contributed by atoms with Gasteiger partial charge in [0, 0.05) is 32.7 Å². The maximum Gasteiger partial charge on any atom is 0.505 e. The van der Waals surface area contributed by atoms with Crippen molar-refractivity contribution in [1.82, 2.24) is 9.80 Å². The minimum Gasteiger partial charge on any atom is -0.450 e. The van der Waals surface area contributed by atoms with Gasteiger partial charge in [0.05, 0.1) is 0 Å². The number of likely N-dealkylation sites (N-methyl/N-ethyl adjacent to an activating group) is 1. The monoisotopic (exact) mass is 188 g/mol. The average molecular weight is 188 g/mol. The van der Waals surface area contributed by atoms with Gasteiger partial charge in [-0.05, 0) is 7.05 Å². The van der Waals surface area contributed by atoms with Crippen LogP contribution in [0.3, 0.4) is 0 Å². The molecule has 1 heterocycles. The van der Waals surface area contributed by atoms with E-state index in [-0.39, 0.29) is 6.61 Å². The molecule has 1 rings (SSSR count). The molecule has 5 heteroatoms. The molecule has 76 valence electrons. The van der Waals surface area contributed by atoms with Gasteiger partial charge >= 0.3 is 6.16 Å². The van der Waals surface area contributed by atoms with E-state index >= 15 is 0 Å². The first-order chi connectivity index (χ1) is 6.18. The van der Waals surface area contributed by atoms with E-state index < -0.39 is 6.16 Å². The standard InChI is InChI=1S/C8H16N2O3/c1-9-2-4-10(5-3-9)6-7-13-8(11)12/h2-7H2,1H3,(H,11,12). The summed E-state index contributed by atoms with van der Waals surface area (Å²) in [5.74, 6) is 0. The molecule has 0 aromatic carbocycles. The minimum absolute atomic E-state index is 0.277. The average Bonchev–Trinajstić information content (AvgIpc) is 2.08. The summed E-state index contributed by atoms with van der Waals surface area (Å²) >= 11 is 0. The summed E-state index contributed by atoms with van der Waals surface area (Å²) in [5, 5.41) is 8.24. The molecule has 1 saturated heterocycles. The highest BCUT2D eigenvalue weighted by Gasteiger charge is 2.13. The first-order valence-electron chi connectivity index (χ1n) is 4.45. The Labute approximate surface area is 77.9 Å². The number of hydrogen-bond acceptors (Lipinski definition) is 4. The predicted octanol–water partition coefficient (Wildman–Crippen LogP) is -0.0716. The van der Waals surface area contributed by atoms with Crippen molar-refractivity contribution in [3.05, 3.63) is 0 Å². The van der Waals surface area contributed by atoms with Gasteiger partial charge in [0.1, 0.15) is 6.61 Å². The van der Waals surface area contributed by atoms with Crippen molar-refractivity contribution in [1.29, 1.82) is 0 Å². The number of carboxylic acid groups (broad SMARTS) is 1. The van der Waals surface area contributed by atoms with Crippen molar-refractivity contribution in [2.75, 3.05) is 46.4 Å². The van der Waals surface area contributed by atoms with Gasteiger partial charge in [-0.3, -0.25) is 4.90 Å². The van der Waals surface area contributed by atoms with E-state index in [2.05, 4.69) is 21.6 Å². The molecule has 0 bridgehead atoms. The van der Waals surface area contributed by atoms with Crippen LogP contribution in [0.2, 0.25) is 0 Å². The Bertz CT molecular complexity index is 167. The van der Waals surface area contributed by atoms with Gasteiger partial charge in [-0.15, -0.1) is 0 Å². The molecule has 1 aliphatic rings. The lowest BCUT2D eigenvalue weighted by atomic mass is 10.3.